The number of pyridine rings is 1. The van der Waals surface area contributed by atoms with Crippen LogP contribution in [0.4, 0.5) is 0 Å². The van der Waals surface area contributed by atoms with E-state index in [1.54, 1.807) is 0 Å². The Bertz CT molecular complexity index is 533. The number of hydrogen-bond donors (Lipinski definition) is 1. The van der Waals surface area contributed by atoms with Crippen molar-refractivity contribution in [3.8, 4) is 11.8 Å². The van der Waals surface area contributed by atoms with Crippen LogP contribution in [0.2, 0.25) is 0 Å². The lowest BCUT2D eigenvalue weighted by molar-refractivity contribution is 0.959. The summed E-state index contributed by atoms with van der Waals surface area (Å²) in [5.41, 5.74) is 7.29. The summed E-state index contributed by atoms with van der Waals surface area (Å²) < 4.78 is 0. The van der Waals surface area contributed by atoms with Crippen molar-refractivity contribution in [3.63, 3.8) is 0 Å². The SMILES string of the molecule is CC(N)C#Cc1ccc2ccccc2n1. The molecule has 0 spiro atoms. The Morgan fingerprint density at radius 3 is 2.80 bits per heavy atom. The minimum Gasteiger partial charge on any atom is -0.318 e. The van der Waals surface area contributed by atoms with E-state index in [9.17, 15) is 0 Å². The number of rotatable bonds is 0. The van der Waals surface area contributed by atoms with Crippen LogP contribution in [-0.2, 0) is 0 Å². The van der Waals surface area contributed by atoms with Crippen LogP contribution in [0.15, 0.2) is 36.4 Å². The van der Waals surface area contributed by atoms with Gasteiger partial charge in [-0.1, -0.05) is 30.2 Å². The molecule has 0 saturated heterocycles. The molecule has 0 bridgehead atoms. The number of fused-ring (bicyclic) bond motifs is 1. The Labute approximate surface area is 89.1 Å². The van der Waals surface area contributed by atoms with E-state index in [0.29, 0.717) is 0 Å². The zero-order valence-corrected chi connectivity index (χ0v) is 8.57. The summed E-state index contributed by atoms with van der Waals surface area (Å²) in [6.07, 6.45) is 0. The number of nitrogens with two attached hydrogens (primary N) is 1. The second-order valence-corrected chi connectivity index (χ2v) is 3.45. The van der Waals surface area contributed by atoms with E-state index in [0.717, 1.165) is 16.6 Å². The second-order valence-electron chi connectivity index (χ2n) is 3.45. The Kier molecular flexibility index (Phi) is 2.66. The smallest absolute Gasteiger partial charge is 0.113 e. The van der Waals surface area contributed by atoms with Gasteiger partial charge in [-0.25, -0.2) is 4.98 Å². The molecule has 0 aliphatic heterocycles. The van der Waals surface area contributed by atoms with E-state index < -0.39 is 0 Å². The predicted molar refractivity (Wildman–Crippen MR) is 62.3 cm³/mol. The first-order valence-corrected chi connectivity index (χ1v) is 4.88. The largest absolute Gasteiger partial charge is 0.318 e. The first-order valence-electron chi connectivity index (χ1n) is 4.88. The van der Waals surface area contributed by atoms with Crippen molar-refractivity contribution in [1.29, 1.82) is 0 Å². The highest BCUT2D eigenvalue weighted by molar-refractivity contribution is 5.78. The van der Waals surface area contributed by atoms with E-state index in [4.69, 9.17) is 5.73 Å². The van der Waals surface area contributed by atoms with Crippen LogP contribution < -0.4 is 5.73 Å². The molecule has 0 saturated carbocycles. The number of hydrogen-bond acceptors (Lipinski definition) is 2. The third-order valence-electron chi connectivity index (χ3n) is 2.03. The molecule has 0 aliphatic rings. The van der Waals surface area contributed by atoms with Crippen LogP contribution >= 0.6 is 0 Å². The first-order chi connectivity index (χ1) is 7.25. The molecule has 1 aromatic heterocycles. The Morgan fingerprint density at radius 1 is 1.20 bits per heavy atom. The summed E-state index contributed by atoms with van der Waals surface area (Å²) in [4.78, 5) is 4.42. The number of nitrogens with zero attached hydrogens (tertiary/aromatic N) is 1. The lowest BCUT2D eigenvalue weighted by Crippen LogP contribution is -2.10. The van der Waals surface area contributed by atoms with Gasteiger partial charge in [-0.15, -0.1) is 0 Å². The van der Waals surface area contributed by atoms with Gasteiger partial charge in [-0.05, 0) is 25.0 Å². The van der Waals surface area contributed by atoms with E-state index in [1.807, 2.05) is 43.3 Å². The first kappa shape index (κ1) is 9.70. The van der Waals surface area contributed by atoms with E-state index >= 15 is 0 Å². The fraction of sp³-hybridized carbons (Fsp3) is 0.154. The highest BCUT2D eigenvalue weighted by atomic mass is 14.7. The minimum atomic E-state index is -0.113. The predicted octanol–water partition coefficient (Wildman–Crippen LogP) is 1.93. The fourth-order valence-electron chi connectivity index (χ4n) is 1.32. The maximum Gasteiger partial charge on any atom is 0.113 e. The van der Waals surface area contributed by atoms with Gasteiger partial charge in [0.05, 0.1) is 11.6 Å². The summed E-state index contributed by atoms with van der Waals surface area (Å²) in [5.74, 6) is 5.84. The summed E-state index contributed by atoms with van der Waals surface area (Å²) in [6.45, 7) is 1.86. The van der Waals surface area contributed by atoms with Crippen LogP contribution in [0.5, 0.6) is 0 Å². The second kappa shape index (κ2) is 4.12. The number of para-hydroxylation sites is 1. The van der Waals surface area contributed by atoms with Gasteiger partial charge in [0, 0.05) is 5.39 Å². The molecule has 0 fully saturated rings. The topological polar surface area (TPSA) is 38.9 Å². The van der Waals surface area contributed by atoms with Crippen molar-refractivity contribution in [3.05, 3.63) is 42.1 Å². The molecule has 1 unspecified atom stereocenters. The molecule has 2 aromatic rings. The van der Waals surface area contributed by atoms with Crippen molar-refractivity contribution in [2.75, 3.05) is 0 Å². The van der Waals surface area contributed by atoms with Crippen LogP contribution in [0.1, 0.15) is 12.6 Å². The van der Waals surface area contributed by atoms with Gasteiger partial charge < -0.3 is 5.73 Å². The summed E-state index contributed by atoms with van der Waals surface area (Å²) in [6, 6.07) is 11.8. The molecule has 15 heavy (non-hydrogen) atoms. The normalized spacial score (nSPS) is 11.9. The van der Waals surface area contributed by atoms with Gasteiger partial charge in [-0.3, -0.25) is 0 Å². The van der Waals surface area contributed by atoms with Crippen LogP contribution in [-0.4, -0.2) is 11.0 Å². The van der Waals surface area contributed by atoms with Crippen molar-refractivity contribution < 1.29 is 0 Å². The zero-order valence-electron chi connectivity index (χ0n) is 8.57. The van der Waals surface area contributed by atoms with Gasteiger partial charge in [-0.2, -0.15) is 0 Å². The number of aromatic nitrogens is 1. The summed E-state index contributed by atoms with van der Waals surface area (Å²) in [5, 5.41) is 1.13. The lowest BCUT2D eigenvalue weighted by Gasteiger charge is -1.96. The molecular formula is C13H12N2. The highest BCUT2D eigenvalue weighted by Gasteiger charge is 1.94. The molecular weight excluding hydrogens is 184 g/mol. The number of benzene rings is 1. The Hall–Kier alpha value is -1.85. The minimum absolute atomic E-state index is 0.113. The maximum absolute atomic E-state index is 5.55. The van der Waals surface area contributed by atoms with Gasteiger partial charge in [0.2, 0.25) is 0 Å². The van der Waals surface area contributed by atoms with Crippen LogP contribution in [0, 0.1) is 11.8 Å². The fourth-order valence-corrected chi connectivity index (χ4v) is 1.32. The summed E-state index contributed by atoms with van der Waals surface area (Å²) >= 11 is 0. The standard InChI is InChI=1S/C13H12N2/c1-10(14)6-8-12-9-7-11-4-2-3-5-13(11)15-12/h2-5,7,9-10H,14H2,1H3. The molecule has 2 rings (SSSR count). The van der Waals surface area contributed by atoms with Gasteiger partial charge in [0.15, 0.2) is 0 Å². The van der Waals surface area contributed by atoms with Gasteiger partial charge in [0.25, 0.3) is 0 Å². The monoisotopic (exact) mass is 196 g/mol. The average molecular weight is 196 g/mol. The average Bonchev–Trinajstić information content (AvgIpc) is 2.26. The molecule has 0 radical (unpaired) electrons. The van der Waals surface area contributed by atoms with E-state index in [2.05, 4.69) is 16.8 Å². The molecule has 1 atom stereocenters. The molecule has 1 heterocycles. The molecule has 1 aromatic carbocycles. The van der Waals surface area contributed by atoms with Crippen molar-refractivity contribution in [2.45, 2.75) is 13.0 Å². The van der Waals surface area contributed by atoms with E-state index in [1.165, 1.54) is 0 Å². The van der Waals surface area contributed by atoms with Crippen LogP contribution in [0.25, 0.3) is 10.9 Å². The molecule has 0 aliphatic carbocycles. The maximum atomic E-state index is 5.55. The Balaban J connectivity index is 2.44. The lowest BCUT2D eigenvalue weighted by atomic mass is 10.2. The molecule has 2 N–H and O–H groups in total. The third kappa shape index (κ3) is 2.34. The van der Waals surface area contributed by atoms with Crippen molar-refractivity contribution >= 4 is 10.9 Å². The van der Waals surface area contributed by atoms with Crippen molar-refractivity contribution in [2.24, 2.45) is 5.73 Å². The highest BCUT2D eigenvalue weighted by Crippen LogP contribution is 2.10. The molecule has 2 nitrogen and oxygen atoms in total. The zero-order chi connectivity index (χ0) is 10.7. The quantitative estimate of drug-likeness (QED) is 0.654. The molecule has 2 heteroatoms. The Morgan fingerprint density at radius 2 is 2.00 bits per heavy atom. The van der Waals surface area contributed by atoms with Crippen LogP contribution in [0.3, 0.4) is 0 Å². The van der Waals surface area contributed by atoms with Gasteiger partial charge in [0.1, 0.15) is 5.69 Å². The van der Waals surface area contributed by atoms with Crippen molar-refractivity contribution in [1.82, 2.24) is 4.98 Å². The summed E-state index contributed by atoms with van der Waals surface area (Å²) in [7, 11) is 0. The molecule has 74 valence electrons. The van der Waals surface area contributed by atoms with E-state index in [-0.39, 0.29) is 6.04 Å². The molecule has 0 amide bonds. The third-order valence-corrected chi connectivity index (χ3v) is 2.03. The van der Waals surface area contributed by atoms with Gasteiger partial charge >= 0.3 is 0 Å².